The summed E-state index contributed by atoms with van der Waals surface area (Å²) < 4.78 is 25.3. The molecule has 2 heterocycles. The van der Waals surface area contributed by atoms with E-state index in [9.17, 15) is 8.42 Å². The Morgan fingerprint density at radius 3 is 2.81 bits per heavy atom. The van der Waals surface area contributed by atoms with Gasteiger partial charge in [-0.25, -0.2) is 13.4 Å². The van der Waals surface area contributed by atoms with Crippen molar-refractivity contribution in [2.45, 2.75) is 4.90 Å². The van der Waals surface area contributed by atoms with Gasteiger partial charge < -0.3 is 5.73 Å². The number of nitrogens with two attached hydrogens (primary N) is 1. The minimum absolute atomic E-state index is 0.292. The number of aromatic nitrogens is 1. The molecule has 7 heteroatoms. The van der Waals surface area contributed by atoms with Crippen LogP contribution in [0.1, 0.15) is 0 Å². The highest BCUT2D eigenvalue weighted by atomic mass is 79.9. The van der Waals surface area contributed by atoms with Crippen LogP contribution >= 0.6 is 27.3 Å². The number of fused-ring (bicyclic) bond motifs is 1. The van der Waals surface area contributed by atoms with E-state index in [-0.39, 0.29) is 0 Å². The Morgan fingerprint density at radius 1 is 1.33 bits per heavy atom. The lowest BCUT2D eigenvalue weighted by Gasteiger charge is -2.07. The molecule has 0 radical (unpaired) electrons. The van der Waals surface area contributed by atoms with Gasteiger partial charge in [0.2, 0.25) is 0 Å². The Kier molecular flexibility index (Phi) is 3.51. The van der Waals surface area contributed by atoms with Crippen LogP contribution in [0.15, 0.2) is 45.2 Å². The lowest BCUT2D eigenvalue weighted by Crippen LogP contribution is -1.97. The molecule has 2 aromatic heterocycles. The minimum Gasteiger partial charge on any atom is -0.383 e. The third kappa shape index (κ3) is 2.56. The summed E-state index contributed by atoms with van der Waals surface area (Å²) in [5, 5.41) is 2.81. The number of nitrogen functional groups attached to an aromatic ring is 1. The number of hydrogen-bond acceptors (Lipinski definition) is 5. The fourth-order valence-corrected chi connectivity index (χ4v) is 4.58. The molecule has 3 aromatic rings. The summed E-state index contributed by atoms with van der Waals surface area (Å²) in [7, 11) is -3.24. The van der Waals surface area contributed by atoms with Gasteiger partial charge in [-0.1, -0.05) is 12.1 Å². The topological polar surface area (TPSA) is 73.0 Å². The molecular formula is C14H11BrN2O2S2. The van der Waals surface area contributed by atoms with Crippen molar-refractivity contribution in [1.82, 2.24) is 4.98 Å². The number of benzene rings is 1. The highest BCUT2D eigenvalue weighted by Crippen LogP contribution is 2.39. The molecule has 21 heavy (non-hydrogen) atoms. The standard InChI is InChI=1S/C14H11BrN2O2S2/c1-21(18,19)9-4-2-3-8(5-9)10-6-17-14(16)12-11(15)7-20-13(10)12/h2-7H,1H3,(H2,16,17). The second-order valence-electron chi connectivity index (χ2n) is 4.64. The van der Waals surface area contributed by atoms with Crippen LogP contribution < -0.4 is 5.73 Å². The predicted molar refractivity (Wildman–Crippen MR) is 90.3 cm³/mol. The zero-order chi connectivity index (χ0) is 15.2. The summed E-state index contributed by atoms with van der Waals surface area (Å²) in [4.78, 5) is 4.51. The van der Waals surface area contributed by atoms with Gasteiger partial charge in [-0.05, 0) is 33.6 Å². The van der Waals surface area contributed by atoms with Crippen LogP contribution in [0.25, 0.3) is 21.2 Å². The van der Waals surface area contributed by atoms with Crippen molar-refractivity contribution in [3.05, 3.63) is 40.3 Å². The molecule has 0 saturated carbocycles. The van der Waals surface area contributed by atoms with Crippen LogP contribution in [0.3, 0.4) is 0 Å². The molecule has 1 aromatic carbocycles. The van der Waals surface area contributed by atoms with Gasteiger partial charge in [0.25, 0.3) is 0 Å². The first-order chi connectivity index (χ1) is 9.88. The van der Waals surface area contributed by atoms with Crippen molar-refractivity contribution >= 4 is 53.0 Å². The molecule has 0 aliphatic carbocycles. The molecule has 0 amide bonds. The normalized spacial score (nSPS) is 11.9. The number of thiophene rings is 1. The third-order valence-corrected chi connectivity index (χ3v) is 6.20. The minimum atomic E-state index is -3.24. The van der Waals surface area contributed by atoms with Gasteiger partial charge in [-0.3, -0.25) is 0 Å². The molecule has 2 N–H and O–H groups in total. The zero-order valence-corrected chi connectivity index (χ0v) is 14.2. The number of pyridine rings is 1. The lowest BCUT2D eigenvalue weighted by atomic mass is 10.1. The first-order valence-electron chi connectivity index (χ1n) is 5.99. The summed E-state index contributed by atoms with van der Waals surface area (Å²) in [6.45, 7) is 0. The molecule has 0 aliphatic rings. The third-order valence-electron chi connectivity index (χ3n) is 3.15. The van der Waals surface area contributed by atoms with Gasteiger partial charge in [0.1, 0.15) is 5.82 Å². The first kappa shape index (κ1) is 14.5. The lowest BCUT2D eigenvalue weighted by molar-refractivity contribution is 0.602. The van der Waals surface area contributed by atoms with Crippen molar-refractivity contribution in [2.24, 2.45) is 0 Å². The fraction of sp³-hybridized carbons (Fsp3) is 0.0714. The van der Waals surface area contributed by atoms with Crippen molar-refractivity contribution in [3.63, 3.8) is 0 Å². The number of nitrogens with zero attached hydrogens (tertiary/aromatic N) is 1. The van der Waals surface area contributed by atoms with Gasteiger partial charge in [0.05, 0.1) is 4.90 Å². The molecule has 0 spiro atoms. The van der Waals surface area contributed by atoms with Crippen LogP contribution in [-0.2, 0) is 9.84 Å². The Morgan fingerprint density at radius 2 is 2.10 bits per heavy atom. The van der Waals surface area contributed by atoms with Crippen molar-refractivity contribution in [2.75, 3.05) is 12.0 Å². The van der Waals surface area contributed by atoms with E-state index in [2.05, 4.69) is 20.9 Å². The average Bonchev–Trinajstić information content (AvgIpc) is 2.82. The van der Waals surface area contributed by atoms with Crippen LogP contribution in [0.5, 0.6) is 0 Å². The summed E-state index contributed by atoms with van der Waals surface area (Å²) >= 11 is 5.01. The van der Waals surface area contributed by atoms with E-state index in [1.54, 1.807) is 35.7 Å². The zero-order valence-electron chi connectivity index (χ0n) is 11.0. The molecule has 0 aliphatic heterocycles. The maximum Gasteiger partial charge on any atom is 0.175 e. The van der Waals surface area contributed by atoms with Crippen LogP contribution in [0.2, 0.25) is 0 Å². The Labute approximate surface area is 134 Å². The van der Waals surface area contributed by atoms with Gasteiger partial charge in [0, 0.05) is 38.0 Å². The molecule has 0 saturated heterocycles. The van der Waals surface area contributed by atoms with Gasteiger partial charge in [-0.2, -0.15) is 0 Å². The summed E-state index contributed by atoms with van der Waals surface area (Å²) in [5.41, 5.74) is 7.60. The second kappa shape index (κ2) is 5.08. The van der Waals surface area contributed by atoms with Gasteiger partial charge in [-0.15, -0.1) is 11.3 Å². The molecule has 3 rings (SSSR count). The second-order valence-corrected chi connectivity index (χ2v) is 8.39. The number of halogens is 1. The maximum absolute atomic E-state index is 11.7. The molecule has 0 unspecified atom stereocenters. The number of rotatable bonds is 2. The van der Waals surface area contributed by atoms with Crippen LogP contribution in [-0.4, -0.2) is 19.7 Å². The number of hydrogen-bond donors (Lipinski definition) is 1. The monoisotopic (exact) mass is 382 g/mol. The first-order valence-corrected chi connectivity index (χ1v) is 9.56. The Bertz CT molecular complexity index is 949. The Hall–Kier alpha value is -1.44. The van der Waals surface area contributed by atoms with Gasteiger partial charge >= 0.3 is 0 Å². The van der Waals surface area contributed by atoms with Crippen molar-refractivity contribution in [1.29, 1.82) is 0 Å². The van der Waals surface area contributed by atoms with Crippen molar-refractivity contribution in [3.8, 4) is 11.1 Å². The largest absolute Gasteiger partial charge is 0.383 e. The van der Waals surface area contributed by atoms with Crippen LogP contribution in [0.4, 0.5) is 5.82 Å². The summed E-state index contributed by atoms with van der Waals surface area (Å²) in [6.07, 6.45) is 2.88. The molecule has 0 fully saturated rings. The van der Waals surface area contributed by atoms with Gasteiger partial charge in [0.15, 0.2) is 9.84 Å². The maximum atomic E-state index is 11.7. The molecule has 4 nitrogen and oxygen atoms in total. The fourth-order valence-electron chi connectivity index (χ4n) is 2.13. The highest BCUT2D eigenvalue weighted by molar-refractivity contribution is 9.10. The summed E-state index contributed by atoms with van der Waals surface area (Å²) in [6, 6.07) is 6.85. The Balaban J connectivity index is 2.29. The van der Waals surface area contributed by atoms with Crippen molar-refractivity contribution < 1.29 is 8.42 Å². The number of sulfone groups is 1. The van der Waals surface area contributed by atoms with E-state index < -0.39 is 9.84 Å². The smallest absolute Gasteiger partial charge is 0.175 e. The summed E-state index contributed by atoms with van der Waals surface area (Å²) in [5.74, 6) is 0.459. The average molecular weight is 383 g/mol. The molecule has 108 valence electrons. The van der Waals surface area contributed by atoms with E-state index >= 15 is 0 Å². The molecule has 0 bridgehead atoms. The van der Waals surface area contributed by atoms with E-state index in [1.165, 1.54) is 6.26 Å². The quantitative estimate of drug-likeness (QED) is 0.732. The van der Waals surface area contributed by atoms with Crippen LogP contribution in [0, 0.1) is 0 Å². The molecular weight excluding hydrogens is 372 g/mol. The SMILES string of the molecule is CS(=O)(=O)c1cccc(-c2cnc(N)c3c(Br)csc23)c1. The van der Waals surface area contributed by atoms with E-state index in [0.29, 0.717) is 10.7 Å². The highest BCUT2D eigenvalue weighted by Gasteiger charge is 2.14. The van der Waals surface area contributed by atoms with E-state index in [4.69, 9.17) is 5.73 Å². The number of anilines is 1. The molecule has 0 atom stereocenters. The predicted octanol–water partition coefficient (Wildman–Crippen LogP) is 3.71. The van der Waals surface area contributed by atoms with E-state index in [0.717, 1.165) is 25.7 Å². The van der Waals surface area contributed by atoms with E-state index in [1.807, 2.05) is 11.4 Å².